The molecule has 0 atom stereocenters. The number of benzene rings is 2. The van der Waals surface area contributed by atoms with Gasteiger partial charge in [-0.1, -0.05) is 41.9 Å². The van der Waals surface area contributed by atoms with Gasteiger partial charge in [-0.15, -0.1) is 0 Å². The Morgan fingerprint density at radius 2 is 1.93 bits per heavy atom. The van der Waals surface area contributed by atoms with Crippen molar-refractivity contribution in [2.75, 3.05) is 23.3 Å². The molecule has 0 spiro atoms. The minimum absolute atomic E-state index is 0.231. The lowest BCUT2D eigenvalue weighted by Gasteiger charge is -2.33. The number of nitrogens with zero attached hydrogens (tertiary/aromatic N) is 3. The molecule has 29 heavy (non-hydrogen) atoms. The number of aryl methyl sites for hydroxylation is 1. The van der Waals surface area contributed by atoms with Crippen molar-refractivity contribution < 1.29 is 0 Å². The number of nitriles is 1. The summed E-state index contributed by atoms with van der Waals surface area (Å²) >= 11 is 5.99. The first-order chi connectivity index (χ1) is 14.1. The van der Waals surface area contributed by atoms with Crippen LogP contribution in [0.15, 0.2) is 42.5 Å². The van der Waals surface area contributed by atoms with Crippen LogP contribution in [0.5, 0.6) is 0 Å². The van der Waals surface area contributed by atoms with Crippen LogP contribution in [-0.2, 0) is 6.54 Å². The molecule has 0 aliphatic carbocycles. The van der Waals surface area contributed by atoms with Crippen LogP contribution < -0.4 is 16.0 Å². The topological polar surface area (TPSA) is 78.0 Å². The van der Waals surface area contributed by atoms with Gasteiger partial charge < -0.3 is 16.0 Å². The molecule has 1 fully saturated rings. The van der Waals surface area contributed by atoms with Gasteiger partial charge in [0.1, 0.15) is 17.5 Å². The lowest BCUT2D eigenvalue weighted by atomic mass is 10.0. The number of nitrogens with two attached hydrogens (primary N) is 1. The van der Waals surface area contributed by atoms with Gasteiger partial charge in [0, 0.05) is 36.1 Å². The van der Waals surface area contributed by atoms with Gasteiger partial charge in [0.15, 0.2) is 0 Å². The molecule has 3 aromatic rings. The standard InChI is InChI=1S/C23H24ClN5/c1-15-3-2-4-19-21(15)28-23(27-14-16-5-7-17(24)8-6-16)20(13-25)22(19)29-11-9-18(26)10-12-29/h2-8,18H,9-12,14,26H2,1H3,(H,27,28). The van der Waals surface area contributed by atoms with E-state index in [4.69, 9.17) is 22.3 Å². The summed E-state index contributed by atoms with van der Waals surface area (Å²) in [5, 5.41) is 15.2. The molecule has 1 aliphatic rings. The lowest BCUT2D eigenvalue weighted by molar-refractivity contribution is 0.502. The molecular weight excluding hydrogens is 382 g/mol. The third-order valence-electron chi connectivity index (χ3n) is 5.53. The largest absolute Gasteiger partial charge is 0.370 e. The number of piperidine rings is 1. The number of pyridine rings is 1. The van der Waals surface area contributed by atoms with Gasteiger partial charge in [0.25, 0.3) is 0 Å². The summed E-state index contributed by atoms with van der Waals surface area (Å²) < 4.78 is 0. The smallest absolute Gasteiger partial charge is 0.147 e. The SMILES string of the molecule is Cc1cccc2c(N3CCC(N)CC3)c(C#N)c(NCc3ccc(Cl)cc3)nc12. The Bertz CT molecular complexity index is 1060. The number of aromatic nitrogens is 1. The molecule has 0 amide bonds. The Labute approximate surface area is 176 Å². The first kappa shape index (κ1) is 19.5. The van der Waals surface area contributed by atoms with Crippen LogP contribution in [0.25, 0.3) is 10.9 Å². The molecule has 0 radical (unpaired) electrons. The van der Waals surface area contributed by atoms with Crippen molar-refractivity contribution in [3.63, 3.8) is 0 Å². The molecule has 6 heteroatoms. The van der Waals surface area contributed by atoms with E-state index in [-0.39, 0.29) is 6.04 Å². The van der Waals surface area contributed by atoms with Crippen molar-refractivity contribution in [1.82, 2.24) is 4.98 Å². The van der Waals surface area contributed by atoms with Crippen molar-refractivity contribution in [2.24, 2.45) is 5.73 Å². The highest BCUT2D eigenvalue weighted by Gasteiger charge is 2.24. The minimum Gasteiger partial charge on any atom is -0.370 e. The molecule has 0 bridgehead atoms. The molecule has 4 rings (SSSR count). The highest BCUT2D eigenvalue weighted by atomic mass is 35.5. The third-order valence-corrected chi connectivity index (χ3v) is 5.78. The number of para-hydroxylation sites is 1. The third kappa shape index (κ3) is 4.00. The highest BCUT2D eigenvalue weighted by molar-refractivity contribution is 6.30. The average molecular weight is 406 g/mol. The van der Waals surface area contributed by atoms with Crippen LogP contribution in [0.2, 0.25) is 5.02 Å². The number of nitrogens with one attached hydrogen (secondary N) is 1. The fraction of sp³-hybridized carbons (Fsp3) is 0.304. The number of fused-ring (bicyclic) bond motifs is 1. The van der Waals surface area contributed by atoms with Crippen molar-refractivity contribution in [3.8, 4) is 6.07 Å². The Hall–Kier alpha value is -2.81. The second kappa shape index (κ2) is 8.28. The van der Waals surface area contributed by atoms with E-state index < -0.39 is 0 Å². The van der Waals surface area contributed by atoms with E-state index in [0.29, 0.717) is 22.9 Å². The molecule has 1 saturated heterocycles. The van der Waals surface area contributed by atoms with Crippen molar-refractivity contribution >= 4 is 34.0 Å². The molecule has 0 saturated carbocycles. The van der Waals surface area contributed by atoms with E-state index in [1.165, 1.54) is 0 Å². The molecule has 2 heterocycles. The van der Waals surface area contributed by atoms with Crippen LogP contribution >= 0.6 is 11.6 Å². The van der Waals surface area contributed by atoms with Crippen LogP contribution in [-0.4, -0.2) is 24.1 Å². The summed E-state index contributed by atoms with van der Waals surface area (Å²) in [5.74, 6) is 0.620. The fourth-order valence-electron chi connectivity index (χ4n) is 3.89. The van der Waals surface area contributed by atoms with Gasteiger partial charge in [-0.25, -0.2) is 4.98 Å². The van der Waals surface area contributed by atoms with Gasteiger partial charge in [-0.05, 0) is 43.0 Å². The van der Waals surface area contributed by atoms with E-state index in [2.05, 4.69) is 35.3 Å². The maximum atomic E-state index is 10.0. The molecular formula is C23H24ClN5. The first-order valence-electron chi connectivity index (χ1n) is 9.89. The van der Waals surface area contributed by atoms with E-state index in [0.717, 1.165) is 53.6 Å². The monoisotopic (exact) mass is 405 g/mol. The van der Waals surface area contributed by atoms with E-state index in [1.807, 2.05) is 30.3 Å². The van der Waals surface area contributed by atoms with Crippen molar-refractivity contribution in [2.45, 2.75) is 32.4 Å². The Morgan fingerprint density at radius 1 is 1.21 bits per heavy atom. The summed E-state index contributed by atoms with van der Waals surface area (Å²) in [6.07, 6.45) is 1.85. The fourth-order valence-corrected chi connectivity index (χ4v) is 4.01. The molecule has 1 aromatic heterocycles. The van der Waals surface area contributed by atoms with E-state index in [9.17, 15) is 5.26 Å². The Balaban J connectivity index is 1.78. The maximum Gasteiger partial charge on any atom is 0.147 e. The van der Waals surface area contributed by atoms with Crippen LogP contribution in [0.4, 0.5) is 11.5 Å². The van der Waals surface area contributed by atoms with Crippen LogP contribution in [0, 0.1) is 18.3 Å². The molecule has 5 nitrogen and oxygen atoms in total. The van der Waals surface area contributed by atoms with Gasteiger partial charge in [-0.3, -0.25) is 0 Å². The zero-order valence-electron chi connectivity index (χ0n) is 16.5. The van der Waals surface area contributed by atoms with Gasteiger partial charge in [0.05, 0.1) is 11.2 Å². The second-order valence-corrected chi connectivity index (χ2v) is 8.01. The average Bonchev–Trinajstić information content (AvgIpc) is 2.73. The zero-order valence-corrected chi connectivity index (χ0v) is 17.2. The molecule has 0 unspecified atom stereocenters. The second-order valence-electron chi connectivity index (χ2n) is 7.57. The van der Waals surface area contributed by atoms with Gasteiger partial charge >= 0.3 is 0 Å². The van der Waals surface area contributed by atoms with Gasteiger partial charge in [0.2, 0.25) is 0 Å². The predicted molar refractivity (Wildman–Crippen MR) is 119 cm³/mol. The van der Waals surface area contributed by atoms with E-state index >= 15 is 0 Å². The minimum atomic E-state index is 0.231. The van der Waals surface area contributed by atoms with Crippen molar-refractivity contribution in [1.29, 1.82) is 5.26 Å². The number of hydrogen-bond acceptors (Lipinski definition) is 5. The Kier molecular flexibility index (Phi) is 5.57. The normalized spacial score (nSPS) is 14.8. The van der Waals surface area contributed by atoms with E-state index in [1.54, 1.807) is 0 Å². The number of hydrogen-bond donors (Lipinski definition) is 2. The quantitative estimate of drug-likeness (QED) is 0.662. The Morgan fingerprint density at radius 3 is 2.62 bits per heavy atom. The highest BCUT2D eigenvalue weighted by Crippen LogP contribution is 2.36. The molecule has 2 aromatic carbocycles. The van der Waals surface area contributed by atoms with Crippen LogP contribution in [0.3, 0.4) is 0 Å². The summed E-state index contributed by atoms with van der Waals surface area (Å²) in [6, 6.07) is 16.5. The number of anilines is 2. The molecule has 3 N–H and O–H groups in total. The maximum absolute atomic E-state index is 10.0. The zero-order chi connectivity index (χ0) is 20.4. The predicted octanol–water partition coefficient (Wildman–Crippen LogP) is 4.61. The number of rotatable bonds is 4. The lowest BCUT2D eigenvalue weighted by Crippen LogP contribution is -2.40. The summed E-state index contributed by atoms with van der Waals surface area (Å²) in [5.41, 5.74) is 10.8. The molecule has 148 valence electrons. The van der Waals surface area contributed by atoms with Gasteiger partial charge in [-0.2, -0.15) is 5.26 Å². The van der Waals surface area contributed by atoms with Crippen molar-refractivity contribution in [3.05, 3.63) is 64.2 Å². The number of halogens is 1. The summed E-state index contributed by atoms with van der Waals surface area (Å²) in [6.45, 7) is 4.32. The summed E-state index contributed by atoms with van der Waals surface area (Å²) in [7, 11) is 0. The first-order valence-corrected chi connectivity index (χ1v) is 10.3. The van der Waals surface area contributed by atoms with Crippen LogP contribution in [0.1, 0.15) is 29.5 Å². The summed E-state index contributed by atoms with van der Waals surface area (Å²) in [4.78, 5) is 7.13. The molecule has 1 aliphatic heterocycles.